The Bertz CT molecular complexity index is 1120. The molecule has 0 spiro atoms. The third-order valence-electron chi connectivity index (χ3n) is 5.85. The zero-order valence-electron chi connectivity index (χ0n) is 19.4. The van der Waals surface area contributed by atoms with Crippen LogP contribution in [0.1, 0.15) is 43.7 Å². The van der Waals surface area contributed by atoms with Crippen molar-refractivity contribution in [3.63, 3.8) is 0 Å². The number of amides is 1. The van der Waals surface area contributed by atoms with Crippen LogP contribution in [0.2, 0.25) is 5.02 Å². The Hall–Kier alpha value is -2.84. The van der Waals surface area contributed by atoms with Gasteiger partial charge in [-0.2, -0.15) is 5.10 Å². The Morgan fingerprint density at radius 2 is 1.82 bits per heavy atom. The summed E-state index contributed by atoms with van der Waals surface area (Å²) in [6.07, 6.45) is 7.47. The SMILES string of the molecule is CN(C)c1ccc(/C=N/NC(=O)CSc2nnc(-c3ccc(Cl)cc3)n2C2CCCCC2)cc1. The number of hydrogen-bond donors (Lipinski definition) is 1. The van der Waals surface area contributed by atoms with E-state index in [9.17, 15) is 4.79 Å². The number of nitrogens with one attached hydrogen (secondary N) is 1. The molecule has 1 heterocycles. The van der Waals surface area contributed by atoms with Gasteiger partial charge in [0.25, 0.3) is 5.91 Å². The monoisotopic (exact) mass is 496 g/mol. The van der Waals surface area contributed by atoms with Gasteiger partial charge in [0.1, 0.15) is 0 Å². The molecule has 0 radical (unpaired) electrons. The maximum absolute atomic E-state index is 12.4. The summed E-state index contributed by atoms with van der Waals surface area (Å²) >= 11 is 7.46. The standard InChI is InChI=1S/C25H29ClN6OS/c1-31(2)21-14-8-18(9-15-21)16-27-28-23(33)17-34-25-30-29-24(19-10-12-20(26)13-11-19)32(25)22-6-4-3-5-7-22/h8-16,22H,3-7,17H2,1-2H3,(H,28,33)/b27-16+. The van der Waals surface area contributed by atoms with Crippen LogP contribution in [0.4, 0.5) is 5.69 Å². The lowest BCUT2D eigenvalue weighted by atomic mass is 9.95. The molecule has 2 aromatic carbocycles. The molecule has 1 aliphatic rings. The summed E-state index contributed by atoms with van der Waals surface area (Å²) < 4.78 is 2.20. The second-order valence-electron chi connectivity index (χ2n) is 8.54. The second kappa shape index (κ2) is 11.5. The Kier molecular flexibility index (Phi) is 8.24. The molecule has 1 N–H and O–H groups in total. The summed E-state index contributed by atoms with van der Waals surface area (Å²) in [5.41, 5.74) is 5.61. The van der Waals surface area contributed by atoms with Gasteiger partial charge in [-0.25, -0.2) is 5.43 Å². The molecular weight excluding hydrogens is 468 g/mol. The van der Waals surface area contributed by atoms with Crippen molar-refractivity contribution in [1.29, 1.82) is 0 Å². The molecule has 34 heavy (non-hydrogen) atoms. The summed E-state index contributed by atoms with van der Waals surface area (Å²) in [5, 5.41) is 14.4. The van der Waals surface area contributed by atoms with Crippen molar-refractivity contribution < 1.29 is 4.79 Å². The van der Waals surface area contributed by atoms with Gasteiger partial charge < -0.3 is 4.90 Å². The third kappa shape index (κ3) is 6.18. The summed E-state index contributed by atoms with van der Waals surface area (Å²) in [6, 6.07) is 15.9. The minimum absolute atomic E-state index is 0.183. The normalized spacial score (nSPS) is 14.4. The number of aromatic nitrogens is 3. The summed E-state index contributed by atoms with van der Waals surface area (Å²) in [4.78, 5) is 14.5. The van der Waals surface area contributed by atoms with Gasteiger partial charge in [0.15, 0.2) is 11.0 Å². The first-order chi connectivity index (χ1) is 16.5. The second-order valence-corrected chi connectivity index (χ2v) is 9.92. The number of thioether (sulfide) groups is 1. The van der Waals surface area contributed by atoms with Crippen molar-refractivity contribution in [2.24, 2.45) is 5.10 Å². The lowest BCUT2D eigenvalue weighted by Gasteiger charge is -2.25. The Morgan fingerprint density at radius 1 is 1.12 bits per heavy atom. The lowest BCUT2D eigenvalue weighted by molar-refractivity contribution is -0.118. The average molecular weight is 497 g/mol. The van der Waals surface area contributed by atoms with E-state index < -0.39 is 0 Å². The van der Waals surface area contributed by atoms with Gasteiger partial charge in [-0.3, -0.25) is 9.36 Å². The highest BCUT2D eigenvalue weighted by Crippen LogP contribution is 2.35. The minimum atomic E-state index is -0.183. The number of rotatable bonds is 8. The molecule has 1 saturated carbocycles. The summed E-state index contributed by atoms with van der Waals surface area (Å²) in [7, 11) is 3.99. The maximum Gasteiger partial charge on any atom is 0.250 e. The van der Waals surface area contributed by atoms with E-state index in [-0.39, 0.29) is 11.7 Å². The van der Waals surface area contributed by atoms with E-state index >= 15 is 0 Å². The average Bonchev–Trinajstić information content (AvgIpc) is 3.28. The molecule has 9 heteroatoms. The summed E-state index contributed by atoms with van der Waals surface area (Å²) in [6.45, 7) is 0. The van der Waals surface area contributed by atoms with E-state index in [2.05, 4.69) is 25.3 Å². The number of carbonyl (C=O) groups is 1. The van der Waals surface area contributed by atoms with Crippen molar-refractivity contribution >= 4 is 41.2 Å². The first-order valence-electron chi connectivity index (χ1n) is 11.4. The van der Waals surface area contributed by atoms with Crippen LogP contribution in [0.25, 0.3) is 11.4 Å². The quantitative estimate of drug-likeness (QED) is 0.256. The molecule has 7 nitrogen and oxygen atoms in total. The van der Waals surface area contributed by atoms with E-state index in [0.29, 0.717) is 11.1 Å². The fourth-order valence-electron chi connectivity index (χ4n) is 4.04. The van der Waals surface area contributed by atoms with Crippen LogP contribution in [0.5, 0.6) is 0 Å². The van der Waals surface area contributed by atoms with Gasteiger partial charge in [0.2, 0.25) is 0 Å². The Labute approximate surface area is 209 Å². The third-order valence-corrected chi connectivity index (χ3v) is 7.05. The predicted molar refractivity (Wildman–Crippen MR) is 140 cm³/mol. The molecule has 0 aliphatic heterocycles. The topological polar surface area (TPSA) is 75.4 Å². The van der Waals surface area contributed by atoms with Crippen LogP contribution >= 0.6 is 23.4 Å². The number of hydrogen-bond acceptors (Lipinski definition) is 6. The van der Waals surface area contributed by atoms with Gasteiger partial charge >= 0.3 is 0 Å². The predicted octanol–water partition coefficient (Wildman–Crippen LogP) is 5.41. The van der Waals surface area contributed by atoms with Gasteiger partial charge in [-0.05, 0) is 54.8 Å². The first-order valence-corrected chi connectivity index (χ1v) is 12.8. The van der Waals surface area contributed by atoms with Gasteiger partial charge in [0, 0.05) is 36.4 Å². The van der Waals surface area contributed by atoms with Crippen LogP contribution in [0.3, 0.4) is 0 Å². The molecule has 4 rings (SSSR count). The molecule has 3 aromatic rings. The largest absolute Gasteiger partial charge is 0.378 e. The van der Waals surface area contributed by atoms with Crippen molar-refractivity contribution in [3.8, 4) is 11.4 Å². The maximum atomic E-state index is 12.4. The van der Waals surface area contributed by atoms with Crippen LogP contribution in [-0.4, -0.2) is 46.7 Å². The van der Waals surface area contributed by atoms with Crippen LogP contribution in [0.15, 0.2) is 58.8 Å². The number of benzene rings is 2. The zero-order chi connectivity index (χ0) is 23.9. The number of anilines is 1. The van der Waals surface area contributed by atoms with Crippen molar-refractivity contribution in [1.82, 2.24) is 20.2 Å². The van der Waals surface area contributed by atoms with E-state index in [1.54, 1.807) is 6.21 Å². The highest BCUT2D eigenvalue weighted by atomic mass is 35.5. The number of halogens is 1. The van der Waals surface area contributed by atoms with Crippen molar-refractivity contribution in [2.45, 2.75) is 43.3 Å². The molecule has 0 bridgehead atoms. The van der Waals surface area contributed by atoms with Gasteiger partial charge in [-0.1, -0.05) is 54.8 Å². The molecule has 1 amide bonds. The molecule has 178 valence electrons. The van der Waals surface area contributed by atoms with Gasteiger partial charge in [0.05, 0.1) is 12.0 Å². The molecular formula is C25H29ClN6OS. The van der Waals surface area contributed by atoms with Crippen LogP contribution in [-0.2, 0) is 4.79 Å². The molecule has 1 aromatic heterocycles. The fraction of sp³-hybridized carbons (Fsp3) is 0.360. The van der Waals surface area contributed by atoms with E-state index in [4.69, 9.17) is 11.6 Å². The highest BCUT2D eigenvalue weighted by Gasteiger charge is 2.24. The molecule has 0 unspecified atom stereocenters. The molecule has 0 saturated heterocycles. The first kappa shape index (κ1) is 24.3. The van der Waals surface area contributed by atoms with E-state index in [1.165, 1.54) is 31.0 Å². The zero-order valence-corrected chi connectivity index (χ0v) is 21.0. The van der Waals surface area contributed by atoms with E-state index in [0.717, 1.165) is 40.6 Å². The minimum Gasteiger partial charge on any atom is -0.378 e. The fourth-order valence-corrected chi connectivity index (χ4v) is 4.96. The van der Waals surface area contributed by atoms with Crippen LogP contribution < -0.4 is 10.3 Å². The number of nitrogens with zero attached hydrogens (tertiary/aromatic N) is 5. The molecule has 1 fully saturated rings. The number of carbonyl (C=O) groups excluding carboxylic acids is 1. The van der Waals surface area contributed by atoms with Gasteiger partial charge in [-0.15, -0.1) is 10.2 Å². The van der Waals surface area contributed by atoms with Crippen LogP contribution in [0, 0.1) is 0 Å². The van der Waals surface area contributed by atoms with E-state index in [1.807, 2.05) is 67.5 Å². The molecule has 1 aliphatic carbocycles. The summed E-state index contributed by atoms with van der Waals surface area (Å²) in [5.74, 6) is 0.852. The highest BCUT2D eigenvalue weighted by molar-refractivity contribution is 7.99. The smallest absolute Gasteiger partial charge is 0.250 e. The molecule has 0 atom stereocenters. The number of hydrazone groups is 1. The van der Waals surface area contributed by atoms with Crippen molar-refractivity contribution in [2.75, 3.05) is 24.7 Å². The van der Waals surface area contributed by atoms with Crippen molar-refractivity contribution in [3.05, 3.63) is 59.1 Å². The lowest BCUT2D eigenvalue weighted by Crippen LogP contribution is -2.20. The Balaban J connectivity index is 1.41. The Morgan fingerprint density at radius 3 is 2.50 bits per heavy atom.